The lowest BCUT2D eigenvalue weighted by Crippen LogP contribution is -2.34. The van der Waals surface area contributed by atoms with Crippen molar-refractivity contribution in [1.29, 1.82) is 0 Å². The van der Waals surface area contributed by atoms with Crippen molar-refractivity contribution in [3.8, 4) is 0 Å². The zero-order valence-electron chi connectivity index (χ0n) is 18.4. The van der Waals surface area contributed by atoms with Gasteiger partial charge in [0.1, 0.15) is 6.04 Å². The Bertz CT molecular complexity index is 1620. The van der Waals surface area contributed by atoms with Gasteiger partial charge in [-0.15, -0.1) is 0 Å². The first kappa shape index (κ1) is 21.3. The van der Waals surface area contributed by atoms with Gasteiger partial charge < -0.3 is 10.1 Å². The van der Waals surface area contributed by atoms with E-state index in [1.807, 2.05) is 31.2 Å². The number of carboxylic acids is 1. The van der Waals surface area contributed by atoms with E-state index in [9.17, 15) is 19.5 Å². The Balaban J connectivity index is 1.79. The number of aryl methyl sites for hydroxylation is 1. The molecule has 2 N–H and O–H groups in total. The summed E-state index contributed by atoms with van der Waals surface area (Å²) in [7, 11) is 0. The number of carbonyl (C=O) groups excluding carboxylic acids is 1. The van der Waals surface area contributed by atoms with Crippen LogP contribution in [0.4, 0.5) is 0 Å². The van der Waals surface area contributed by atoms with Crippen LogP contribution >= 0.6 is 0 Å². The Morgan fingerprint density at radius 2 is 1.62 bits per heavy atom. The standard InChI is InChI=1S/C27H21N3O4/c1-2-16-11-8-14-19-21(15-28-22(16)19)25(31)24(17-9-4-3-5-10-17)30-26(32)20-13-7-6-12-18(20)23(29-30)27(33)34/h3-15,24,28H,2H2,1H3,(H,33,34)/t24-/m1/s1. The smallest absolute Gasteiger partial charge is 0.357 e. The summed E-state index contributed by atoms with van der Waals surface area (Å²) in [6.45, 7) is 2.04. The Morgan fingerprint density at radius 1 is 0.941 bits per heavy atom. The highest BCUT2D eigenvalue weighted by molar-refractivity contribution is 6.11. The lowest BCUT2D eigenvalue weighted by Gasteiger charge is -2.19. The van der Waals surface area contributed by atoms with Crippen molar-refractivity contribution in [2.24, 2.45) is 0 Å². The van der Waals surface area contributed by atoms with Gasteiger partial charge >= 0.3 is 5.97 Å². The minimum absolute atomic E-state index is 0.191. The topological polar surface area (TPSA) is 105 Å². The van der Waals surface area contributed by atoms with Gasteiger partial charge in [-0.1, -0.05) is 73.7 Å². The largest absolute Gasteiger partial charge is 0.476 e. The molecule has 0 unspecified atom stereocenters. The maximum atomic E-state index is 14.0. The molecule has 5 rings (SSSR count). The van der Waals surface area contributed by atoms with Gasteiger partial charge in [0.15, 0.2) is 11.5 Å². The van der Waals surface area contributed by atoms with Gasteiger partial charge in [-0.2, -0.15) is 5.10 Å². The lowest BCUT2D eigenvalue weighted by atomic mass is 9.96. The summed E-state index contributed by atoms with van der Waals surface area (Å²) in [5, 5.41) is 15.2. The lowest BCUT2D eigenvalue weighted by molar-refractivity contribution is 0.0687. The molecule has 0 aliphatic rings. The van der Waals surface area contributed by atoms with Crippen molar-refractivity contribution < 1.29 is 14.7 Å². The molecule has 1 atom stereocenters. The molecule has 168 valence electrons. The molecule has 0 saturated heterocycles. The number of hydrogen-bond donors (Lipinski definition) is 2. The van der Waals surface area contributed by atoms with Crippen LogP contribution in [0.5, 0.6) is 0 Å². The summed E-state index contributed by atoms with van der Waals surface area (Å²) in [5.41, 5.74) is 2.08. The Hall–Kier alpha value is -4.52. The number of Topliss-reactive ketones (excluding diaryl/α,β-unsaturated/α-hetero) is 1. The van der Waals surface area contributed by atoms with Crippen LogP contribution in [-0.4, -0.2) is 31.6 Å². The average molecular weight is 451 g/mol. The van der Waals surface area contributed by atoms with Gasteiger partial charge in [-0.05, 0) is 23.6 Å². The number of carboxylic acid groups (broad SMARTS) is 1. The van der Waals surface area contributed by atoms with Crippen molar-refractivity contribution >= 4 is 33.4 Å². The molecule has 34 heavy (non-hydrogen) atoms. The molecule has 0 aliphatic heterocycles. The SMILES string of the molecule is CCc1cccc2c(C(=O)[C@@H](c3ccccc3)n3nc(C(=O)O)c4ccccc4c3=O)c[nH]c12. The monoisotopic (exact) mass is 451 g/mol. The van der Waals surface area contributed by atoms with Gasteiger partial charge in [0.25, 0.3) is 5.56 Å². The van der Waals surface area contributed by atoms with Gasteiger partial charge in [0.05, 0.1) is 5.39 Å². The third-order valence-electron chi connectivity index (χ3n) is 6.09. The number of nitrogens with zero attached hydrogens (tertiary/aromatic N) is 2. The fourth-order valence-corrected chi connectivity index (χ4v) is 4.44. The summed E-state index contributed by atoms with van der Waals surface area (Å²) >= 11 is 0. The van der Waals surface area contributed by atoms with Crippen LogP contribution in [0.25, 0.3) is 21.7 Å². The highest BCUT2D eigenvalue weighted by atomic mass is 16.4. The Kier molecular flexibility index (Phi) is 5.30. The molecule has 2 heterocycles. The minimum Gasteiger partial charge on any atom is -0.476 e. The number of benzene rings is 3. The second kappa shape index (κ2) is 8.44. The molecule has 3 aromatic carbocycles. The van der Waals surface area contributed by atoms with Crippen molar-refractivity contribution in [2.75, 3.05) is 0 Å². The van der Waals surface area contributed by atoms with Crippen LogP contribution in [0.15, 0.2) is 83.8 Å². The number of aromatic nitrogens is 3. The first-order valence-corrected chi connectivity index (χ1v) is 10.9. The summed E-state index contributed by atoms with van der Waals surface area (Å²) in [4.78, 5) is 42.7. The van der Waals surface area contributed by atoms with E-state index in [2.05, 4.69) is 10.1 Å². The zero-order valence-corrected chi connectivity index (χ0v) is 18.4. The van der Waals surface area contributed by atoms with Crippen molar-refractivity contribution in [1.82, 2.24) is 14.8 Å². The normalized spacial score (nSPS) is 12.1. The van der Waals surface area contributed by atoms with Crippen LogP contribution in [0.1, 0.15) is 44.9 Å². The predicted octanol–water partition coefficient (Wildman–Crippen LogP) is 4.61. The first-order chi connectivity index (χ1) is 16.5. The molecule has 5 aromatic rings. The number of H-pyrrole nitrogens is 1. The predicted molar refractivity (Wildman–Crippen MR) is 130 cm³/mol. The number of carbonyl (C=O) groups is 2. The van der Waals surface area contributed by atoms with E-state index in [0.29, 0.717) is 11.1 Å². The number of fused-ring (bicyclic) bond motifs is 2. The number of nitrogens with one attached hydrogen (secondary N) is 1. The van der Waals surface area contributed by atoms with E-state index in [1.165, 1.54) is 0 Å². The molecule has 2 aromatic heterocycles. The number of aromatic amines is 1. The molecule has 0 spiro atoms. The second-order valence-electron chi connectivity index (χ2n) is 8.02. The highest BCUT2D eigenvalue weighted by Gasteiger charge is 2.30. The quantitative estimate of drug-likeness (QED) is 0.367. The number of aromatic carboxylic acids is 1. The van der Waals surface area contributed by atoms with E-state index in [4.69, 9.17) is 0 Å². The molecule has 0 bridgehead atoms. The maximum Gasteiger partial charge on any atom is 0.357 e. The van der Waals surface area contributed by atoms with E-state index in [1.54, 1.807) is 54.7 Å². The number of rotatable bonds is 6. The van der Waals surface area contributed by atoms with E-state index in [-0.39, 0.29) is 22.2 Å². The fourth-order valence-electron chi connectivity index (χ4n) is 4.44. The van der Waals surface area contributed by atoms with Crippen LogP contribution in [0, 0.1) is 0 Å². The fraction of sp³-hybridized carbons (Fsp3) is 0.111. The van der Waals surface area contributed by atoms with Gasteiger partial charge in [-0.25, -0.2) is 9.48 Å². The molecule has 0 aliphatic carbocycles. The van der Waals surface area contributed by atoms with Crippen LogP contribution in [0.2, 0.25) is 0 Å². The highest BCUT2D eigenvalue weighted by Crippen LogP contribution is 2.29. The first-order valence-electron chi connectivity index (χ1n) is 10.9. The van der Waals surface area contributed by atoms with Crippen LogP contribution < -0.4 is 5.56 Å². The average Bonchev–Trinajstić information content (AvgIpc) is 3.30. The summed E-state index contributed by atoms with van der Waals surface area (Å²) in [6, 6.07) is 19.8. The van der Waals surface area contributed by atoms with Crippen molar-refractivity contribution in [2.45, 2.75) is 19.4 Å². The third kappa shape index (κ3) is 3.38. The Morgan fingerprint density at radius 3 is 2.32 bits per heavy atom. The van der Waals surface area contributed by atoms with Crippen molar-refractivity contribution in [3.63, 3.8) is 0 Å². The molecule has 0 amide bonds. The molecule has 0 fully saturated rings. The summed E-state index contributed by atoms with van der Waals surface area (Å²) in [5.74, 6) is -1.63. The number of ketones is 1. The molecular weight excluding hydrogens is 430 g/mol. The summed E-state index contributed by atoms with van der Waals surface area (Å²) < 4.78 is 1.01. The van der Waals surface area contributed by atoms with Gasteiger partial charge in [0.2, 0.25) is 0 Å². The van der Waals surface area contributed by atoms with E-state index in [0.717, 1.165) is 27.6 Å². The molecular formula is C27H21N3O4. The second-order valence-corrected chi connectivity index (χ2v) is 8.02. The van der Waals surface area contributed by atoms with E-state index < -0.39 is 17.6 Å². The minimum atomic E-state index is -1.27. The van der Waals surface area contributed by atoms with Crippen molar-refractivity contribution in [3.05, 3.63) is 112 Å². The van der Waals surface area contributed by atoms with Gasteiger partial charge in [0, 0.05) is 28.0 Å². The molecule has 7 heteroatoms. The maximum absolute atomic E-state index is 14.0. The molecule has 0 radical (unpaired) electrons. The van der Waals surface area contributed by atoms with Crippen LogP contribution in [0.3, 0.4) is 0 Å². The number of para-hydroxylation sites is 1. The molecule has 0 saturated carbocycles. The molecule has 7 nitrogen and oxygen atoms in total. The number of hydrogen-bond acceptors (Lipinski definition) is 4. The van der Waals surface area contributed by atoms with E-state index >= 15 is 0 Å². The Labute approximate surface area is 194 Å². The third-order valence-corrected chi connectivity index (χ3v) is 6.09. The zero-order chi connectivity index (χ0) is 23.8. The summed E-state index contributed by atoms with van der Waals surface area (Å²) in [6.07, 6.45) is 2.44. The van der Waals surface area contributed by atoms with Gasteiger partial charge in [-0.3, -0.25) is 9.59 Å². The van der Waals surface area contributed by atoms with Crippen LogP contribution in [-0.2, 0) is 6.42 Å².